The van der Waals surface area contributed by atoms with E-state index >= 15 is 0 Å². The van der Waals surface area contributed by atoms with Crippen LogP contribution >= 0.6 is 0 Å². The normalized spacial score (nSPS) is 14.7. The van der Waals surface area contributed by atoms with Gasteiger partial charge in [0.2, 0.25) is 0 Å². The first-order chi connectivity index (χ1) is 17.7. The fourth-order valence-corrected chi connectivity index (χ4v) is 5.19. The molecular formula is C31H25NO5. The number of fused-ring (bicyclic) bond motifs is 6. The van der Waals surface area contributed by atoms with E-state index in [2.05, 4.69) is 0 Å². The quantitative estimate of drug-likeness (QED) is 0.256. The van der Waals surface area contributed by atoms with Gasteiger partial charge < -0.3 is 19.9 Å². The number of benzene rings is 4. The van der Waals surface area contributed by atoms with E-state index in [-0.39, 0.29) is 5.56 Å². The molecule has 0 saturated carbocycles. The molecule has 0 aromatic heterocycles. The first-order valence-corrected chi connectivity index (χ1v) is 12.1. The van der Waals surface area contributed by atoms with Crippen molar-refractivity contribution in [3.63, 3.8) is 0 Å². The van der Waals surface area contributed by atoms with Crippen molar-refractivity contribution in [3.05, 3.63) is 113 Å². The van der Waals surface area contributed by atoms with Crippen molar-refractivity contribution in [2.24, 2.45) is 0 Å². The Balaban J connectivity index is 1.61. The second kappa shape index (κ2) is 7.96. The van der Waals surface area contributed by atoms with Gasteiger partial charge in [-0.25, -0.2) is 9.59 Å². The highest BCUT2D eigenvalue weighted by molar-refractivity contribution is 6.07. The van der Waals surface area contributed by atoms with E-state index in [1.54, 1.807) is 39.0 Å². The molecule has 0 saturated heterocycles. The molecule has 6 nitrogen and oxygen atoms in total. The summed E-state index contributed by atoms with van der Waals surface area (Å²) in [4.78, 5) is 26.9. The molecule has 2 N–H and O–H groups in total. The maximum Gasteiger partial charge on any atom is 0.340 e. The largest absolute Gasteiger partial charge is 0.456 e. The third-order valence-electron chi connectivity index (χ3n) is 6.60. The van der Waals surface area contributed by atoms with E-state index in [9.17, 15) is 9.59 Å². The summed E-state index contributed by atoms with van der Waals surface area (Å²) >= 11 is 0. The van der Waals surface area contributed by atoms with Gasteiger partial charge >= 0.3 is 11.9 Å². The predicted molar refractivity (Wildman–Crippen MR) is 140 cm³/mol. The molecule has 37 heavy (non-hydrogen) atoms. The minimum Gasteiger partial charge on any atom is -0.456 e. The number of nitrogens with two attached hydrogens (primary N) is 1. The molecule has 0 unspecified atom stereocenters. The number of hydrogen-bond acceptors (Lipinski definition) is 6. The highest BCUT2D eigenvalue weighted by atomic mass is 16.6. The molecule has 0 bridgehead atoms. The molecule has 2 heterocycles. The van der Waals surface area contributed by atoms with E-state index in [0.29, 0.717) is 39.4 Å². The summed E-state index contributed by atoms with van der Waals surface area (Å²) in [5.41, 5.74) is 8.54. The van der Waals surface area contributed by atoms with Crippen LogP contribution in [-0.4, -0.2) is 17.5 Å². The van der Waals surface area contributed by atoms with Gasteiger partial charge in [0.05, 0.1) is 11.1 Å². The zero-order valence-corrected chi connectivity index (χ0v) is 20.7. The van der Waals surface area contributed by atoms with Crippen LogP contribution in [0.25, 0.3) is 11.1 Å². The van der Waals surface area contributed by atoms with Crippen LogP contribution in [0.3, 0.4) is 0 Å². The molecule has 4 aromatic carbocycles. The van der Waals surface area contributed by atoms with Crippen molar-refractivity contribution >= 4 is 17.6 Å². The maximum atomic E-state index is 13.7. The van der Waals surface area contributed by atoms with Crippen molar-refractivity contribution < 1.29 is 23.8 Å². The molecule has 0 aliphatic carbocycles. The lowest BCUT2D eigenvalue weighted by Gasteiger charge is -2.36. The monoisotopic (exact) mass is 491 g/mol. The second-order valence-corrected chi connectivity index (χ2v) is 10.2. The van der Waals surface area contributed by atoms with Crippen LogP contribution in [0.2, 0.25) is 0 Å². The number of esters is 2. The summed E-state index contributed by atoms with van der Waals surface area (Å²) in [5, 5.41) is 0. The molecule has 6 heteroatoms. The van der Waals surface area contributed by atoms with Crippen LogP contribution < -0.4 is 10.5 Å². The topological polar surface area (TPSA) is 87.9 Å². The predicted octanol–water partition coefficient (Wildman–Crippen LogP) is 6.46. The third kappa shape index (κ3) is 3.48. The first kappa shape index (κ1) is 22.9. The number of para-hydroxylation sites is 2. The van der Waals surface area contributed by atoms with Crippen molar-refractivity contribution in [2.75, 3.05) is 5.73 Å². The van der Waals surface area contributed by atoms with Gasteiger partial charge in [0.1, 0.15) is 17.1 Å². The number of ether oxygens (including phenoxy) is 3. The summed E-state index contributed by atoms with van der Waals surface area (Å²) in [6.45, 7) is 5.41. The molecular weight excluding hydrogens is 466 g/mol. The molecule has 1 spiro atoms. The number of nitrogen functional groups attached to an aromatic ring is 1. The lowest BCUT2D eigenvalue weighted by molar-refractivity contribution is 0.00694. The number of carbonyl (C=O) groups is 2. The Morgan fingerprint density at radius 3 is 2.08 bits per heavy atom. The Morgan fingerprint density at radius 1 is 0.811 bits per heavy atom. The minimum absolute atomic E-state index is 0.282. The fraction of sp³-hybridized carbons (Fsp3) is 0.161. The van der Waals surface area contributed by atoms with Crippen molar-refractivity contribution in [3.8, 4) is 22.6 Å². The second-order valence-electron chi connectivity index (χ2n) is 10.2. The average Bonchev–Trinajstić information content (AvgIpc) is 3.16. The standard InChI is InChI=1S/C31H25NO5/c1-30(2,3)36-28(33)21-17-18(32)15-16-19(21)20-9-8-12-24-27(20)29(34)37-31(24)22-10-4-6-13-25(22)35-26-14-7-5-11-23(26)31/h4-17H,32H2,1-3H3. The zero-order valence-electron chi connectivity index (χ0n) is 20.7. The van der Waals surface area contributed by atoms with Gasteiger partial charge in [-0.15, -0.1) is 0 Å². The summed E-state index contributed by atoms with van der Waals surface area (Å²) in [6.07, 6.45) is 0. The highest BCUT2D eigenvalue weighted by Gasteiger charge is 2.54. The lowest BCUT2D eigenvalue weighted by atomic mass is 9.76. The summed E-state index contributed by atoms with van der Waals surface area (Å²) in [7, 11) is 0. The smallest absolute Gasteiger partial charge is 0.340 e. The average molecular weight is 492 g/mol. The number of carbonyl (C=O) groups excluding carboxylic acids is 2. The van der Waals surface area contributed by atoms with Gasteiger partial charge in [-0.2, -0.15) is 0 Å². The number of hydrogen-bond donors (Lipinski definition) is 1. The van der Waals surface area contributed by atoms with Gasteiger partial charge in [0.25, 0.3) is 0 Å². The Labute approximate surface area is 214 Å². The minimum atomic E-state index is -1.19. The van der Waals surface area contributed by atoms with Crippen LogP contribution in [0.1, 0.15) is 58.2 Å². The van der Waals surface area contributed by atoms with Gasteiger partial charge in [-0.05, 0) is 56.2 Å². The molecule has 4 aromatic rings. The van der Waals surface area contributed by atoms with Crippen LogP contribution in [-0.2, 0) is 15.1 Å². The van der Waals surface area contributed by atoms with Crippen LogP contribution in [0.4, 0.5) is 5.69 Å². The molecule has 0 radical (unpaired) electrons. The van der Waals surface area contributed by atoms with Crippen LogP contribution in [0, 0.1) is 0 Å². The summed E-state index contributed by atoms with van der Waals surface area (Å²) < 4.78 is 18.2. The number of rotatable bonds is 2. The van der Waals surface area contributed by atoms with Gasteiger partial charge in [-0.3, -0.25) is 0 Å². The van der Waals surface area contributed by atoms with Crippen molar-refractivity contribution in [1.29, 1.82) is 0 Å². The van der Waals surface area contributed by atoms with Crippen molar-refractivity contribution in [2.45, 2.75) is 32.0 Å². The molecule has 0 fully saturated rings. The van der Waals surface area contributed by atoms with E-state index < -0.39 is 23.1 Å². The van der Waals surface area contributed by atoms with E-state index in [1.807, 2.05) is 66.7 Å². The van der Waals surface area contributed by atoms with Gasteiger partial charge in [0.15, 0.2) is 5.60 Å². The Bertz CT molecular complexity index is 1550. The Hall–Kier alpha value is -4.58. The van der Waals surface area contributed by atoms with E-state index in [1.165, 1.54) is 0 Å². The van der Waals surface area contributed by atoms with Crippen LogP contribution in [0.5, 0.6) is 11.5 Å². The third-order valence-corrected chi connectivity index (χ3v) is 6.60. The SMILES string of the molecule is CC(C)(C)OC(=O)c1cc(N)ccc1-c1cccc2c1C(=O)OC21c2ccccc2Oc2ccccc21. The summed E-state index contributed by atoms with van der Waals surface area (Å²) in [6, 6.07) is 25.7. The van der Waals surface area contributed by atoms with Crippen LogP contribution in [0.15, 0.2) is 84.9 Å². The molecule has 6 rings (SSSR count). The van der Waals surface area contributed by atoms with Gasteiger partial charge in [0, 0.05) is 22.4 Å². The Kier molecular flexibility index (Phi) is 4.92. The first-order valence-electron chi connectivity index (χ1n) is 12.1. The molecule has 184 valence electrons. The zero-order chi connectivity index (χ0) is 25.9. The fourth-order valence-electron chi connectivity index (χ4n) is 5.19. The summed E-state index contributed by atoms with van der Waals surface area (Å²) in [5.74, 6) is 0.239. The van der Waals surface area contributed by atoms with Crippen molar-refractivity contribution in [1.82, 2.24) is 0 Å². The maximum absolute atomic E-state index is 13.7. The van der Waals surface area contributed by atoms with Gasteiger partial charge in [-0.1, -0.05) is 60.7 Å². The lowest BCUT2D eigenvalue weighted by Crippen LogP contribution is -2.32. The molecule has 0 amide bonds. The molecule has 2 aliphatic rings. The molecule has 2 aliphatic heterocycles. The number of anilines is 1. The van der Waals surface area contributed by atoms with E-state index in [4.69, 9.17) is 19.9 Å². The Morgan fingerprint density at radius 2 is 1.43 bits per heavy atom. The molecule has 0 atom stereocenters. The van der Waals surface area contributed by atoms with E-state index in [0.717, 1.165) is 11.1 Å². The highest BCUT2D eigenvalue weighted by Crippen LogP contribution is 2.57.